The van der Waals surface area contributed by atoms with Gasteiger partial charge in [0.1, 0.15) is 11.4 Å². The fourth-order valence-electron chi connectivity index (χ4n) is 4.66. The van der Waals surface area contributed by atoms with Crippen LogP contribution in [0.5, 0.6) is 5.75 Å². The number of aromatic nitrogens is 1. The predicted molar refractivity (Wildman–Crippen MR) is 135 cm³/mol. The van der Waals surface area contributed by atoms with Crippen LogP contribution in [0.3, 0.4) is 0 Å². The van der Waals surface area contributed by atoms with E-state index >= 15 is 0 Å². The van der Waals surface area contributed by atoms with Crippen molar-refractivity contribution < 1.29 is 27.8 Å². The van der Waals surface area contributed by atoms with Gasteiger partial charge in [-0.1, -0.05) is 30.3 Å². The summed E-state index contributed by atoms with van der Waals surface area (Å²) in [5.41, 5.74) is 5.71. The standard InChI is InChI=1S/C29H28F3NO3/c1-16-13-17(2)19(4)25(14-16)36-12-6-9-24-23-8-5-7-22(26(23)33-27(24)28(34)35)21-11-10-20(15-18(21)3)29(30,31)32/h5,7-8,10-11,13-15,33H,6,9,12H2,1-4H3,(H,34,35). The molecule has 0 aliphatic heterocycles. The summed E-state index contributed by atoms with van der Waals surface area (Å²) >= 11 is 0. The Labute approximate surface area is 207 Å². The van der Waals surface area contributed by atoms with Crippen molar-refractivity contribution in [2.45, 2.75) is 46.7 Å². The van der Waals surface area contributed by atoms with Crippen LogP contribution in [-0.4, -0.2) is 22.7 Å². The van der Waals surface area contributed by atoms with E-state index in [0.717, 1.165) is 40.0 Å². The smallest absolute Gasteiger partial charge is 0.416 e. The molecule has 4 aromatic rings. The lowest BCUT2D eigenvalue weighted by Crippen LogP contribution is -2.05. The van der Waals surface area contributed by atoms with Crippen LogP contribution >= 0.6 is 0 Å². The summed E-state index contributed by atoms with van der Waals surface area (Å²) in [4.78, 5) is 15.1. The third kappa shape index (κ3) is 4.96. The number of benzene rings is 3. The van der Waals surface area contributed by atoms with Gasteiger partial charge in [-0.25, -0.2) is 4.79 Å². The first-order chi connectivity index (χ1) is 17.0. The van der Waals surface area contributed by atoms with Crippen LogP contribution in [0.25, 0.3) is 22.0 Å². The fraction of sp³-hybridized carbons (Fsp3) is 0.276. The molecule has 0 amide bonds. The summed E-state index contributed by atoms with van der Waals surface area (Å²) in [5.74, 6) is -0.257. The zero-order chi connectivity index (χ0) is 26.2. The lowest BCUT2D eigenvalue weighted by molar-refractivity contribution is -0.137. The van der Waals surface area contributed by atoms with E-state index < -0.39 is 17.7 Å². The van der Waals surface area contributed by atoms with Crippen molar-refractivity contribution in [3.05, 3.63) is 87.6 Å². The van der Waals surface area contributed by atoms with E-state index in [9.17, 15) is 23.1 Å². The largest absolute Gasteiger partial charge is 0.493 e. The molecule has 1 aromatic heterocycles. The van der Waals surface area contributed by atoms with E-state index in [1.807, 2.05) is 32.9 Å². The number of halogens is 3. The molecule has 0 radical (unpaired) electrons. The molecule has 0 spiro atoms. The molecule has 188 valence electrons. The van der Waals surface area contributed by atoms with E-state index in [1.54, 1.807) is 19.1 Å². The molecule has 3 aromatic carbocycles. The second kappa shape index (κ2) is 9.72. The van der Waals surface area contributed by atoms with Crippen LogP contribution < -0.4 is 4.74 Å². The minimum Gasteiger partial charge on any atom is -0.493 e. The number of hydrogen-bond donors (Lipinski definition) is 2. The Kier molecular flexibility index (Phi) is 6.85. The van der Waals surface area contributed by atoms with Gasteiger partial charge in [0.05, 0.1) is 17.7 Å². The molecule has 0 bridgehead atoms. The number of aryl methyl sites for hydroxylation is 4. The highest BCUT2D eigenvalue weighted by Gasteiger charge is 2.31. The SMILES string of the molecule is Cc1cc(C)c(C)c(OCCCc2c(C(=O)O)[nH]c3c(-c4ccc(C(F)(F)F)cc4C)cccc23)c1. The summed E-state index contributed by atoms with van der Waals surface area (Å²) < 4.78 is 45.4. The molecule has 2 N–H and O–H groups in total. The molecule has 0 saturated heterocycles. The van der Waals surface area contributed by atoms with E-state index in [4.69, 9.17) is 4.74 Å². The second-order valence-electron chi connectivity index (χ2n) is 9.20. The Morgan fingerprint density at radius 3 is 2.39 bits per heavy atom. The number of carbonyl (C=O) groups is 1. The van der Waals surface area contributed by atoms with Gasteiger partial charge in [-0.3, -0.25) is 0 Å². The molecule has 0 atom stereocenters. The molecule has 4 nitrogen and oxygen atoms in total. The van der Waals surface area contributed by atoms with Crippen molar-refractivity contribution in [3.8, 4) is 16.9 Å². The lowest BCUT2D eigenvalue weighted by Gasteiger charge is -2.13. The molecular formula is C29H28F3NO3. The van der Waals surface area contributed by atoms with Gasteiger partial charge in [0.2, 0.25) is 0 Å². The number of nitrogens with one attached hydrogen (secondary N) is 1. The van der Waals surface area contributed by atoms with Crippen LogP contribution in [0, 0.1) is 27.7 Å². The molecule has 36 heavy (non-hydrogen) atoms. The van der Waals surface area contributed by atoms with Gasteiger partial charge in [0.15, 0.2) is 0 Å². The van der Waals surface area contributed by atoms with Gasteiger partial charge < -0.3 is 14.8 Å². The Bertz CT molecular complexity index is 1450. The number of fused-ring (bicyclic) bond motifs is 1. The summed E-state index contributed by atoms with van der Waals surface area (Å²) in [6.07, 6.45) is -3.35. The third-order valence-electron chi connectivity index (χ3n) is 6.59. The van der Waals surface area contributed by atoms with Crippen molar-refractivity contribution in [2.75, 3.05) is 6.61 Å². The van der Waals surface area contributed by atoms with Crippen LogP contribution in [-0.2, 0) is 12.6 Å². The number of aromatic carboxylic acids is 1. The molecular weight excluding hydrogens is 467 g/mol. The quantitative estimate of drug-likeness (QED) is 0.257. The zero-order valence-corrected chi connectivity index (χ0v) is 20.6. The molecule has 4 rings (SSSR count). The van der Waals surface area contributed by atoms with E-state index in [-0.39, 0.29) is 5.69 Å². The number of ether oxygens (including phenoxy) is 1. The average Bonchev–Trinajstić information content (AvgIpc) is 3.18. The zero-order valence-electron chi connectivity index (χ0n) is 20.6. The second-order valence-corrected chi connectivity index (χ2v) is 9.20. The normalized spacial score (nSPS) is 11.8. The van der Waals surface area contributed by atoms with Crippen molar-refractivity contribution in [1.82, 2.24) is 4.98 Å². The molecule has 1 heterocycles. The molecule has 7 heteroatoms. The van der Waals surface area contributed by atoms with Crippen molar-refractivity contribution in [3.63, 3.8) is 0 Å². The van der Waals surface area contributed by atoms with Gasteiger partial charge in [-0.2, -0.15) is 13.2 Å². The minimum atomic E-state index is -4.43. The lowest BCUT2D eigenvalue weighted by atomic mass is 9.95. The van der Waals surface area contributed by atoms with Crippen LogP contribution in [0.4, 0.5) is 13.2 Å². The Balaban J connectivity index is 1.64. The topological polar surface area (TPSA) is 62.3 Å². The number of H-pyrrole nitrogens is 1. The summed E-state index contributed by atoms with van der Waals surface area (Å²) in [6, 6.07) is 13.1. The fourth-order valence-corrected chi connectivity index (χ4v) is 4.66. The maximum atomic E-state index is 13.1. The van der Waals surface area contributed by atoms with E-state index in [2.05, 4.69) is 11.1 Å². The minimum absolute atomic E-state index is 0.0876. The van der Waals surface area contributed by atoms with Crippen LogP contribution in [0.2, 0.25) is 0 Å². The van der Waals surface area contributed by atoms with Crippen molar-refractivity contribution in [1.29, 1.82) is 0 Å². The molecule has 0 unspecified atom stereocenters. The summed E-state index contributed by atoms with van der Waals surface area (Å²) in [5, 5.41) is 10.6. The molecule has 0 fully saturated rings. The van der Waals surface area contributed by atoms with E-state index in [1.165, 1.54) is 6.07 Å². The van der Waals surface area contributed by atoms with Crippen LogP contribution in [0.15, 0.2) is 48.5 Å². The number of para-hydroxylation sites is 1. The van der Waals surface area contributed by atoms with Crippen LogP contribution in [0.1, 0.15) is 50.3 Å². The number of carboxylic acid groups (broad SMARTS) is 1. The summed E-state index contributed by atoms with van der Waals surface area (Å²) in [6.45, 7) is 8.11. The van der Waals surface area contributed by atoms with Gasteiger partial charge >= 0.3 is 12.1 Å². The highest BCUT2D eigenvalue weighted by atomic mass is 19.4. The Morgan fingerprint density at radius 2 is 1.72 bits per heavy atom. The maximum Gasteiger partial charge on any atom is 0.416 e. The number of aromatic amines is 1. The van der Waals surface area contributed by atoms with Gasteiger partial charge in [-0.05, 0) is 92.1 Å². The third-order valence-corrected chi connectivity index (χ3v) is 6.59. The van der Waals surface area contributed by atoms with Gasteiger partial charge in [0, 0.05) is 10.9 Å². The number of carboxylic acids is 1. The Hall–Kier alpha value is -3.74. The first kappa shape index (κ1) is 25.4. The van der Waals surface area contributed by atoms with Gasteiger partial charge in [-0.15, -0.1) is 0 Å². The monoisotopic (exact) mass is 495 g/mol. The maximum absolute atomic E-state index is 13.1. The number of rotatable bonds is 7. The Morgan fingerprint density at radius 1 is 0.972 bits per heavy atom. The average molecular weight is 496 g/mol. The van der Waals surface area contributed by atoms with Gasteiger partial charge in [0.25, 0.3) is 0 Å². The highest BCUT2D eigenvalue weighted by Crippen LogP contribution is 2.37. The first-order valence-corrected chi connectivity index (χ1v) is 11.7. The molecule has 0 aliphatic rings. The van der Waals surface area contributed by atoms with Crippen molar-refractivity contribution in [2.24, 2.45) is 0 Å². The number of alkyl halides is 3. The summed E-state index contributed by atoms with van der Waals surface area (Å²) in [7, 11) is 0. The first-order valence-electron chi connectivity index (χ1n) is 11.7. The van der Waals surface area contributed by atoms with Crippen molar-refractivity contribution >= 4 is 16.9 Å². The predicted octanol–water partition coefficient (Wildman–Crippen LogP) is 7.80. The number of hydrogen-bond acceptors (Lipinski definition) is 2. The van der Waals surface area contributed by atoms with E-state index in [0.29, 0.717) is 47.2 Å². The highest BCUT2D eigenvalue weighted by molar-refractivity contribution is 6.03. The molecule has 0 saturated carbocycles. The molecule has 0 aliphatic carbocycles.